The van der Waals surface area contributed by atoms with Crippen LogP contribution in [0.5, 0.6) is 0 Å². The fraction of sp³-hybridized carbons (Fsp3) is 0.542. The van der Waals surface area contributed by atoms with Crippen LogP contribution in [0.2, 0.25) is 0 Å². The summed E-state index contributed by atoms with van der Waals surface area (Å²) in [6, 6.07) is 7.87. The summed E-state index contributed by atoms with van der Waals surface area (Å²) < 4.78 is 2.23. The number of thioether (sulfide) groups is 1. The predicted molar refractivity (Wildman–Crippen MR) is 121 cm³/mol. The largest absolute Gasteiger partial charge is 0.325 e. The highest BCUT2D eigenvalue weighted by atomic mass is 32.2. The van der Waals surface area contributed by atoms with Gasteiger partial charge in [-0.3, -0.25) is 4.79 Å². The van der Waals surface area contributed by atoms with Crippen molar-refractivity contribution < 1.29 is 4.79 Å². The molecule has 0 unspecified atom stereocenters. The van der Waals surface area contributed by atoms with E-state index < -0.39 is 0 Å². The van der Waals surface area contributed by atoms with E-state index in [-0.39, 0.29) is 11.3 Å². The predicted octanol–water partition coefficient (Wildman–Crippen LogP) is 4.97. The van der Waals surface area contributed by atoms with Gasteiger partial charge in [0.15, 0.2) is 5.16 Å². The third-order valence-corrected chi connectivity index (χ3v) is 8.18. The average molecular weight is 423 g/mol. The number of aryl methyl sites for hydroxylation is 1. The second-order valence-electron chi connectivity index (χ2n) is 9.61. The van der Waals surface area contributed by atoms with Crippen LogP contribution >= 0.6 is 11.8 Å². The Hall–Kier alpha value is -2.08. The van der Waals surface area contributed by atoms with Gasteiger partial charge >= 0.3 is 0 Å². The number of aromatic nitrogens is 3. The zero-order valence-corrected chi connectivity index (χ0v) is 18.5. The van der Waals surface area contributed by atoms with Crippen molar-refractivity contribution in [3.8, 4) is 0 Å². The lowest BCUT2D eigenvalue weighted by Crippen LogP contribution is -2.49. The molecule has 0 radical (unpaired) electrons. The van der Waals surface area contributed by atoms with E-state index in [1.807, 2.05) is 37.3 Å². The van der Waals surface area contributed by atoms with Gasteiger partial charge in [-0.2, -0.15) is 0 Å². The second-order valence-corrected chi connectivity index (χ2v) is 10.5. The standard InChI is InChI=1S/C24H30N4OS/c1-3-8-28-22(24-12-17-9-18(13-24)11-19(10-17)14-24)26-27-23(28)30-15-21(29)25-20-6-4-16(2)5-7-20/h3-7,17-19H,1,8-15H2,2H3,(H,25,29). The number of benzene rings is 1. The normalized spacial score (nSPS) is 29.2. The van der Waals surface area contributed by atoms with Crippen LogP contribution in [-0.2, 0) is 16.8 Å². The number of hydrogen-bond acceptors (Lipinski definition) is 4. The molecule has 158 valence electrons. The summed E-state index contributed by atoms with van der Waals surface area (Å²) in [6.45, 7) is 6.69. The number of nitrogens with one attached hydrogen (secondary N) is 1. The highest BCUT2D eigenvalue weighted by Crippen LogP contribution is 2.60. The molecule has 0 saturated heterocycles. The Kier molecular flexibility index (Phi) is 5.21. The number of rotatable bonds is 7. The van der Waals surface area contributed by atoms with Crippen LogP contribution in [-0.4, -0.2) is 26.4 Å². The fourth-order valence-corrected chi connectivity index (χ4v) is 7.18. The van der Waals surface area contributed by atoms with Gasteiger partial charge in [0.1, 0.15) is 5.82 Å². The highest BCUT2D eigenvalue weighted by molar-refractivity contribution is 7.99. The molecular formula is C24H30N4OS. The second kappa shape index (κ2) is 7.88. The topological polar surface area (TPSA) is 59.8 Å². The van der Waals surface area contributed by atoms with Crippen molar-refractivity contribution in [2.75, 3.05) is 11.1 Å². The first kappa shape index (κ1) is 19.9. The molecule has 6 rings (SSSR count). The lowest BCUT2D eigenvalue weighted by Gasteiger charge is -2.56. The van der Waals surface area contributed by atoms with Gasteiger partial charge in [-0.1, -0.05) is 35.5 Å². The summed E-state index contributed by atoms with van der Waals surface area (Å²) in [5.74, 6) is 4.03. The molecule has 1 heterocycles. The molecule has 1 amide bonds. The molecule has 0 aliphatic heterocycles. The number of allylic oxidation sites excluding steroid dienone is 1. The molecule has 5 nitrogen and oxygen atoms in total. The number of nitrogens with zero attached hydrogens (tertiary/aromatic N) is 3. The number of carbonyl (C=O) groups is 1. The van der Waals surface area contributed by atoms with Gasteiger partial charge < -0.3 is 9.88 Å². The van der Waals surface area contributed by atoms with Crippen molar-refractivity contribution in [2.24, 2.45) is 17.8 Å². The fourth-order valence-electron chi connectivity index (χ4n) is 6.43. The molecule has 30 heavy (non-hydrogen) atoms. The van der Waals surface area contributed by atoms with Crippen molar-refractivity contribution in [1.29, 1.82) is 0 Å². The van der Waals surface area contributed by atoms with Crippen LogP contribution in [0.15, 0.2) is 42.1 Å². The molecule has 4 aliphatic rings. The van der Waals surface area contributed by atoms with E-state index >= 15 is 0 Å². The molecule has 0 atom stereocenters. The average Bonchev–Trinajstić information content (AvgIpc) is 3.11. The molecule has 6 heteroatoms. The first-order valence-corrected chi connectivity index (χ1v) is 12.1. The molecule has 0 spiro atoms. The first-order chi connectivity index (χ1) is 14.5. The third-order valence-electron chi connectivity index (χ3n) is 7.21. The maximum Gasteiger partial charge on any atom is 0.234 e. The Bertz CT molecular complexity index is 913. The summed E-state index contributed by atoms with van der Waals surface area (Å²) in [4.78, 5) is 12.5. The number of amides is 1. The van der Waals surface area contributed by atoms with E-state index in [1.165, 1.54) is 55.9 Å². The molecule has 2 aromatic rings. The van der Waals surface area contributed by atoms with E-state index in [9.17, 15) is 4.79 Å². The van der Waals surface area contributed by atoms with Crippen molar-refractivity contribution >= 4 is 23.4 Å². The summed E-state index contributed by atoms with van der Waals surface area (Å²) in [5, 5.41) is 13.0. The minimum atomic E-state index is -0.0200. The summed E-state index contributed by atoms with van der Waals surface area (Å²) in [7, 11) is 0. The van der Waals surface area contributed by atoms with Crippen LogP contribution in [0.1, 0.15) is 49.9 Å². The zero-order valence-electron chi connectivity index (χ0n) is 17.6. The summed E-state index contributed by atoms with van der Waals surface area (Å²) in [6.07, 6.45) is 9.93. The van der Waals surface area contributed by atoms with E-state index in [0.717, 1.165) is 34.4 Å². The first-order valence-electron chi connectivity index (χ1n) is 11.1. The van der Waals surface area contributed by atoms with E-state index in [1.54, 1.807) is 0 Å². The minimum Gasteiger partial charge on any atom is -0.325 e. The molecule has 1 N–H and O–H groups in total. The lowest BCUT2D eigenvalue weighted by molar-refractivity contribution is -0.113. The van der Waals surface area contributed by atoms with Gasteiger partial charge in [0, 0.05) is 17.6 Å². The molecule has 4 saturated carbocycles. The summed E-state index contributed by atoms with van der Waals surface area (Å²) >= 11 is 1.47. The van der Waals surface area contributed by atoms with Gasteiger partial charge in [-0.15, -0.1) is 16.8 Å². The Labute approximate surface area is 182 Å². The van der Waals surface area contributed by atoms with Gasteiger partial charge in [0.2, 0.25) is 5.91 Å². The van der Waals surface area contributed by atoms with Gasteiger partial charge in [-0.25, -0.2) is 0 Å². The molecule has 4 aliphatic carbocycles. The van der Waals surface area contributed by atoms with Crippen molar-refractivity contribution in [1.82, 2.24) is 14.8 Å². The van der Waals surface area contributed by atoms with Crippen LogP contribution in [0.3, 0.4) is 0 Å². The monoisotopic (exact) mass is 422 g/mol. The Morgan fingerprint density at radius 3 is 2.40 bits per heavy atom. The van der Waals surface area contributed by atoms with E-state index in [2.05, 4.69) is 21.6 Å². The maximum absolute atomic E-state index is 12.5. The minimum absolute atomic E-state index is 0.0200. The SMILES string of the molecule is C=CCn1c(SCC(=O)Nc2ccc(C)cc2)nnc1C12CC3CC(CC(C3)C1)C2. The number of hydrogen-bond donors (Lipinski definition) is 1. The highest BCUT2D eigenvalue weighted by Gasteiger charge is 2.53. The van der Waals surface area contributed by atoms with Crippen LogP contribution in [0.25, 0.3) is 0 Å². The Balaban J connectivity index is 1.31. The molecule has 4 bridgehead atoms. The number of anilines is 1. The molecule has 1 aromatic heterocycles. The van der Waals surface area contributed by atoms with E-state index in [0.29, 0.717) is 12.3 Å². The van der Waals surface area contributed by atoms with Gasteiger partial charge in [0.25, 0.3) is 0 Å². The van der Waals surface area contributed by atoms with Crippen molar-refractivity contribution in [3.63, 3.8) is 0 Å². The lowest BCUT2D eigenvalue weighted by atomic mass is 9.49. The van der Waals surface area contributed by atoms with Crippen LogP contribution in [0.4, 0.5) is 5.69 Å². The van der Waals surface area contributed by atoms with Crippen molar-refractivity contribution in [2.45, 2.75) is 62.6 Å². The third kappa shape index (κ3) is 3.70. The molecule has 1 aromatic carbocycles. The summed E-state index contributed by atoms with van der Waals surface area (Å²) in [5.41, 5.74) is 2.19. The Morgan fingerprint density at radius 1 is 1.17 bits per heavy atom. The zero-order chi connectivity index (χ0) is 20.7. The van der Waals surface area contributed by atoms with Gasteiger partial charge in [0.05, 0.1) is 5.75 Å². The van der Waals surface area contributed by atoms with E-state index in [4.69, 9.17) is 5.10 Å². The smallest absolute Gasteiger partial charge is 0.234 e. The van der Waals surface area contributed by atoms with Crippen LogP contribution in [0, 0.1) is 24.7 Å². The molecule has 4 fully saturated rings. The number of carbonyl (C=O) groups excluding carboxylic acids is 1. The maximum atomic E-state index is 12.5. The van der Waals surface area contributed by atoms with Crippen LogP contribution < -0.4 is 5.32 Å². The van der Waals surface area contributed by atoms with Gasteiger partial charge in [-0.05, 0) is 75.3 Å². The van der Waals surface area contributed by atoms with Crippen molar-refractivity contribution in [3.05, 3.63) is 48.3 Å². The Morgan fingerprint density at radius 2 is 1.80 bits per heavy atom. The quantitative estimate of drug-likeness (QED) is 0.505. The molecular weight excluding hydrogens is 392 g/mol.